The molecule has 17 heavy (non-hydrogen) atoms. The molecule has 2 N–H and O–H groups in total. The van der Waals surface area contributed by atoms with Crippen LogP contribution >= 0.6 is 15.9 Å². The predicted octanol–water partition coefficient (Wildman–Crippen LogP) is 1.56. The van der Waals surface area contributed by atoms with E-state index in [9.17, 15) is 0 Å². The second kappa shape index (κ2) is 5.91. The quantitative estimate of drug-likeness (QED) is 0.917. The summed E-state index contributed by atoms with van der Waals surface area (Å²) in [6, 6.07) is 2.54. The van der Waals surface area contributed by atoms with E-state index in [4.69, 9.17) is 10.5 Å². The van der Waals surface area contributed by atoms with Crippen LogP contribution in [0.2, 0.25) is 0 Å². The van der Waals surface area contributed by atoms with Crippen LogP contribution in [0.25, 0.3) is 0 Å². The summed E-state index contributed by atoms with van der Waals surface area (Å²) in [5.41, 5.74) is 7.38. The van der Waals surface area contributed by atoms with Crippen LogP contribution in [-0.4, -0.2) is 42.7 Å². The van der Waals surface area contributed by atoms with Crippen molar-refractivity contribution in [3.8, 4) is 0 Å². The first-order valence-corrected chi connectivity index (χ1v) is 6.60. The van der Waals surface area contributed by atoms with Crippen molar-refractivity contribution in [3.63, 3.8) is 0 Å². The van der Waals surface area contributed by atoms with Crippen LogP contribution < -0.4 is 5.73 Å². The van der Waals surface area contributed by atoms with Crippen molar-refractivity contribution in [1.29, 1.82) is 0 Å². The highest BCUT2D eigenvalue weighted by Crippen LogP contribution is 2.31. The molecule has 1 aromatic rings. The molecule has 0 aromatic carbocycles. The van der Waals surface area contributed by atoms with Crippen molar-refractivity contribution in [1.82, 2.24) is 9.88 Å². The van der Waals surface area contributed by atoms with Gasteiger partial charge < -0.3 is 10.5 Å². The van der Waals surface area contributed by atoms with Gasteiger partial charge >= 0.3 is 0 Å². The highest BCUT2D eigenvalue weighted by molar-refractivity contribution is 9.10. The number of pyridine rings is 1. The van der Waals surface area contributed by atoms with Crippen molar-refractivity contribution in [2.45, 2.75) is 18.5 Å². The molecule has 0 aliphatic carbocycles. The molecular formula is C12H18BrN3O. The van der Waals surface area contributed by atoms with Crippen LogP contribution in [0.4, 0.5) is 0 Å². The first kappa shape index (κ1) is 13.0. The molecule has 1 fully saturated rings. The van der Waals surface area contributed by atoms with Crippen LogP contribution in [0.3, 0.4) is 0 Å². The SMILES string of the molecule is COCCN1CCC(N)C1c1cncc(Br)c1. The molecule has 2 rings (SSSR count). The van der Waals surface area contributed by atoms with E-state index in [1.165, 1.54) is 5.56 Å². The van der Waals surface area contributed by atoms with E-state index in [1.54, 1.807) is 13.3 Å². The zero-order valence-electron chi connectivity index (χ0n) is 9.97. The van der Waals surface area contributed by atoms with Gasteiger partial charge in [-0.1, -0.05) is 0 Å². The summed E-state index contributed by atoms with van der Waals surface area (Å²) in [6.45, 7) is 2.69. The largest absolute Gasteiger partial charge is 0.383 e. The van der Waals surface area contributed by atoms with E-state index in [0.717, 1.165) is 30.6 Å². The van der Waals surface area contributed by atoms with Gasteiger partial charge in [-0.3, -0.25) is 9.88 Å². The van der Waals surface area contributed by atoms with Crippen molar-refractivity contribution in [2.24, 2.45) is 5.73 Å². The minimum atomic E-state index is 0.183. The summed E-state index contributed by atoms with van der Waals surface area (Å²) >= 11 is 3.46. The molecule has 2 heterocycles. The Morgan fingerprint density at radius 1 is 1.59 bits per heavy atom. The number of likely N-dealkylation sites (tertiary alicyclic amines) is 1. The van der Waals surface area contributed by atoms with Crippen LogP contribution in [-0.2, 0) is 4.74 Å². The lowest BCUT2D eigenvalue weighted by molar-refractivity contribution is 0.139. The van der Waals surface area contributed by atoms with Crippen LogP contribution in [0.1, 0.15) is 18.0 Å². The Hall–Kier alpha value is -0.490. The second-order valence-corrected chi connectivity index (χ2v) is 5.28. The van der Waals surface area contributed by atoms with Gasteiger partial charge in [-0.2, -0.15) is 0 Å². The van der Waals surface area contributed by atoms with Crippen LogP contribution in [0.15, 0.2) is 22.9 Å². The predicted molar refractivity (Wildman–Crippen MR) is 70.7 cm³/mol. The zero-order chi connectivity index (χ0) is 12.3. The Balaban J connectivity index is 2.15. The lowest BCUT2D eigenvalue weighted by Crippen LogP contribution is -2.33. The summed E-state index contributed by atoms with van der Waals surface area (Å²) < 4.78 is 6.14. The minimum absolute atomic E-state index is 0.183. The molecule has 4 nitrogen and oxygen atoms in total. The number of halogens is 1. The highest BCUT2D eigenvalue weighted by Gasteiger charge is 2.32. The third-order valence-corrected chi connectivity index (χ3v) is 3.63. The minimum Gasteiger partial charge on any atom is -0.383 e. The number of hydrogen-bond donors (Lipinski definition) is 1. The summed E-state index contributed by atoms with van der Waals surface area (Å²) in [5, 5.41) is 0. The average molecular weight is 300 g/mol. The molecule has 1 saturated heterocycles. The van der Waals surface area contributed by atoms with Crippen molar-refractivity contribution in [3.05, 3.63) is 28.5 Å². The van der Waals surface area contributed by atoms with E-state index in [-0.39, 0.29) is 12.1 Å². The maximum atomic E-state index is 6.20. The lowest BCUT2D eigenvalue weighted by atomic mass is 10.0. The Morgan fingerprint density at radius 2 is 2.41 bits per heavy atom. The fraction of sp³-hybridized carbons (Fsp3) is 0.583. The molecule has 0 spiro atoms. The third kappa shape index (κ3) is 3.04. The Morgan fingerprint density at radius 3 is 3.12 bits per heavy atom. The maximum absolute atomic E-state index is 6.20. The number of rotatable bonds is 4. The van der Waals surface area contributed by atoms with Crippen molar-refractivity contribution in [2.75, 3.05) is 26.8 Å². The van der Waals surface area contributed by atoms with Gasteiger partial charge in [0.2, 0.25) is 0 Å². The second-order valence-electron chi connectivity index (χ2n) is 4.36. The molecule has 0 radical (unpaired) electrons. The number of aromatic nitrogens is 1. The van der Waals surface area contributed by atoms with E-state index in [2.05, 4.69) is 31.9 Å². The number of hydrogen-bond acceptors (Lipinski definition) is 4. The zero-order valence-corrected chi connectivity index (χ0v) is 11.6. The van der Waals surface area contributed by atoms with E-state index < -0.39 is 0 Å². The first-order valence-electron chi connectivity index (χ1n) is 5.81. The smallest absolute Gasteiger partial charge is 0.0589 e. The van der Waals surface area contributed by atoms with Gasteiger partial charge in [0, 0.05) is 43.1 Å². The fourth-order valence-electron chi connectivity index (χ4n) is 2.39. The lowest BCUT2D eigenvalue weighted by Gasteiger charge is -2.26. The monoisotopic (exact) mass is 299 g/mol. The first-order chi connectivity index (χ1) is 8.22. The molecule has 1 aliphatic rings. The molecule has 0 bridgehead atoms. The molecule has 5 heteroatoms. The summed E-state index contributed by atoms with van der Waals surface area (Å²) in [7, 11) is 1.73. The molecule has 2 unspecified atom stereocenters. The Kier molecular flexibility index (Phi) is 4.50. The Labute approximate surface area is 110 Å². The van der Waals surface area contributed by atoms with E-state index in [1.807, 2.05) is 6.20 Å². The van der Waals surface area contributed by atoms with Crippen molar-refractivity contribution < 1.29 is 4.74 Å². The molecule has 2 atom stereocenters. The Bertz CT molecular complexity index is 375. The third-order valence-electron chi connectivity index (χ3n) is 3.20. The fourth-order valence-corrected chi connectivity index (χ4v) is 2.77. The summed E-state index contributed by atoms with van der Waals surface area (Å²) in [5.74, 6) is 0. The number of nitrogens with zero attached hydrogens (tertiary/aromatic N) is 2. The van der Waals surface area contributed by atoms with Crippen LogP contribution in [0.5, 0.6) is 0 Å². The standard InChI is InChI=1S/C12H18BrN3O/c1-17-5-4-16-3-2-11(14)12(16)9-6-10(13)8-15-7-9/h6-8,11-12H,2-5,14H2,1H3. The van der Waals surface area contributed by atoms with Gasteiger partial charge in [0.1, 0.15) is 0 Å². The van der Waals surface area contributed by atoms with Crippen LogP contribution in [0, 0.1) is 0 Å². The van der Waals surface area contributed by atoms with Gasteiger partial charge in [-0.15, -0.1) is 0 Å². The molecule has 1 aliphatic heterocycles. The number of ether oxygens (including phenoxy) is 1. The van der Waals surface area contributed by atoms with Gasteiger partial charge in [0.05, 0.1) is 12.6 Å². The van der Waals surface area contributed by atoms with E-state index in [0.29, 0.717) is 0 Å². The van der Waals surface area contributed by atoms with Gasteiger partial charge in [-0.05, 0) is 34.0 Å². The average Bonchev–Trinajstić information content (AvgIpc) is 2.68. The molecule has 0 amide bonds. The summed E-state index contributed by atoms with van der Waals surface area (Å²) in [6.07, 6.45) is 4.73. The number of nitrogens with two attached hydrogens (primary N) is 1. The molecule has 94 valence electrons. The highest BCUT2D eigenvalue weighted by atomic mass is 79.9. The van der Waals surface area contributed by atoms with Gasteiger partial charge in [-0.25, -0.2) is 0 Å². The molecule has 1 aromatic heterocycles. The van der Waals surface area contributed by atoms with E-state index >= 15 is 0 Å². The van der Waals surface area contributed by atoms with Crippen molar-refractivity contribution >= 4 is 15.9 Å². The van der Waals surface area contributed by atoms with Gasteiger partial charge in [0.15, 0.2) is 0 Å². The normalized spacial score (nSPS) is 25.4. The number of methoxy groups -OCH3 is 1. The van der Waals surface area contributed by atoms with Gasteiger partial charge in [0.25, 0.3) is 0 Å². The topological polar surface area (TPSA) is 51.4 Å². The maximum Gasteiger partial charge on any atom is 0.0589 e. The summed E-state index contributed by atoms with van der Waals surface area (Å²) in [4.78, 5) is 6.59. The molecule has 0 saturated carbocycles. The molecular weight excluding hydrogens is 282 g/mol.